The number of fused-ring (bicyclic) bond motifs is 2. The van der Waals surface area contributed by atoms with Crippen LogP contribution in [-0.4, -0.2) is 67.1 Å². The first-order valence-electron chi connectivity index (χ1n) is 17.3. The number of hydrogen-bond donors (Lipinski definition) is 1. The minimum Gasteiger partial charge on any atom is -0.435 e. The van der Waals surface area contributed by atoms with Gasteiger partial charge in [-0.3, -0.25) is 24.8 Å². The van der Waals surface area contributed by atoms with Crippen molar-refractivity contribution in [2.45, 2.75) is 45.4 Å². The van der Waals surface area contributed by atoms with Gasteiger partial charge in [-0.2, -0.15) is 10.5 Å². The Morgan fingerprint density at radius 1 is 0.902 bits per heavy atom. The van der Waals surface area contributed by atoms with Gasteiger partial charge in [0.25, 0.3) is 0 Å². The van der Waals surface area contributed by atoms with Gasteiger partial charge in [-0.25, -0.2) is 4.98 Å². The molecular weight excluding hydrogens is 637 g/mol. The topological polar surface area (TPSA) is 139 Å². The molecule has 10 heteroatoms. The van der Waals surface area contributed by atoms with Crippen molar-refractivity contribution >= 4 is 34.2 Å². The second kappa shape index (κ2) is 13.9. The summed E-state index contributed by atoms with van der Waals surface area (Å²) in [6.45, 7) is 7.05. The molecule has 0 aliphatic carbocycles. The molecule has 0 bridgehead atoms. The predicted octanol–water partition coefficient (Wildman–Crippen LogP) is 6.88. The zero-order valence-electron chi connectivity index (χ0n) is 28.4. The molecule has 1 N–H and O–H groups in total. The zero-order chi connectivity index (χ0) is 34.9. The lowest BCUT2D eigenvalue weighted by molar-refractivity contribution is 0.175. The fourth-order valence-corrected chi connectivity index (χ4v) is 7.37. The van der Waals surface area contributed by atoms with Gasteiger partial charge >= 0.3 is 0 Å². The lowest BCUT2D eigenvalue weighted by atomic mass is 9.93. The van der Waals surface area contributed by atoms with Crippen LogP contribution in [0.3, 0.4) is 0 Å². The molecule has 2 aliphatic heterocycles. The van der Waals surface area contributed by atoms with Crippen LogP contribution in [0.2, 0.25) is 0 Å². The third-order valence-corrected chi connectivity index (χ3v) is 9.97. The molecule has 6 heterocycles. The number of likely N-dealkylation sites (tertiary alicyclic amines) is 2. The first-order chi connectivity index (χ1) is 25.0. The highest BCUT2D eigenvalue weighted by Crippen LogP contribution is 2.36. The minimum absolute atomic E-state index is 0.315. The van der Waals surface area contributed by atoms with Crippen LogP contribution in [-0.2, 0) is 13.1 Å². The molecule has 8 rings (SSSR count). The molecule has 0 unspecified atom stereocenters. The summed E-state index contributed by atoms with van der Waals surface area (Å²) >= 11 is 0. The second-order valence-electron chi connectivity index (χ2n) is 13.4. The highest BCUT2D eigenvalue weighted by molar-refractivity contribution is 5.87. The summed E-state index contributed by atoms with van der Waals surface area (Å²) in [7, 11) is 0. The molecule has 0 amide bonds. The van der Waals surface area contributed by atoms with Gasteiger partial charge in [-0.05, 0) is 104 Å². The Bertz CT molecular complexity index is 2400. The van der Waals surface area contributed by atoms with E-state index in [0.717, 1.165) is 82.6 Å². The van der Waals surface area contributed by atoms with Crippen LogP contribution in [0.1, 0.15) is 58.5 Å². The molecule has 2 fully saturated rings. The summed E-state index contributed by atoms with van der Waals surface area (Å²) in [6.07, 6.45) is 12.1. The molecule has 2 saturated heterocycles. The quantitative estimate of drug-likeness (QED) is 0.182. The summed E-state index contributed by atoms with van der Waals surface area (Å²) in [4.78, 5) is 23.4. The average Bonchev–Trinajstić information content (AvgIpc) is 3.92. The van der Waals surface area contributed by atoms with Gasteiger partial charge in [-0.1, -0.05) is 18.2 Å². The van der Waals surface area contributed by atoms with E-state index in [1.165, 1.54) is 12.8 Å². The number of aliphatic hydroxyl groups excluding tert-OH is 1. The highest BCUT2D eigenvalue weighted by Gasteiger charge is 2.23. The molecule has 252 valence electrons. The Morgan fingerprint density at radius 2 is 1.75 bits per heavy atom. The number of aromatic nitrogens is 4. The number of hydrogen-bond acceptors (Lipinski definition) is 10. The maximum absolute atomic E-state index is 10.4. The number of nitrogens with zero attached hydrogens (tertiary/aromatic N) is 8. The van der Waals surface area contributed by atoms with E-state index in [1.807, 2.05) is 73.9 Å². The van der Waals surface area contributed by atoms with Crippen molar-refractivity contribution in [2.24, 2.45) is 0 Å². The average molecular weight is 673 g/mol. The van der Waals surface area contributed by atoms with Crippen LogP contribution >= 0.6 is 0 Å². The van der Waals surface area contributed by atoms with E-state index in [9.17, 15) is 15.6 Å². The number of aliphatic hydroxyl groups is 1. The van der Waals surface area contributed by atoms with Crippen molar-refractivity contribution in [1.29, 1.82) is 10.5 Å². The lowest BCUT2D eigenvalue weighted by Gasteiger charge is -2.14. The largest absolute Gasteiger partial charge is 0.435 e. The second-order valence-corrected chi connectivity index (χ2v) is 13.4. The monoisotopic (exact) mass is 672 g/mol. The van der Waals surface area contributed by atoms with E-state index < -0.39 is 0 Å². The standard InChI is InChI=1S/C41H36N8O2/c1-26-32(5-4-6-33(26)41-47-37-19-28(18-30(20-42)40(37)51-41)23-49-16-11-31(50)24-49)34-10-13-44-36(35(34)21-43)8-7-27-17-29-9-12-45-38(39(29)46-22-27)25-48-14-2-3-15-48/h4-10,12-13,17-19,22,31,50H,2-3,11,14-16,23-25H2,1H3/b8-7+/t31-/m1/s1. The molecule has 51 heavy (non-hydrogen) atoms. The summed E-state index contributed by atoms with van der Waals surface area (Å²) < 4.78 is 6.24. The van der Waals surface area contributed by atoms with Crippen LogP contribution in [0.5, 0.6) is 0 Å². The Balaban J connectivity index is 1.09. The van der Waals surface area contributed by atoms with Crippen molar-refractivity contribution < 1.29 is 9.52 Å². The van der Waals surface area contributed by atoms with E-state index in [4.69, 9.17) is 14.4 Å². The highest BCUT2D eigenvalue weighted by atomic mass is 16.3. The maximum Gasteiger partial charge on any atom is 0.227 e. The van der Waals surface area contributed by atoms with Gasteiger partial charge in [0.2, 0.25) is 5.89 Å². The molecule has 10 nitrogen and oxygen atoms in total. The normalized spacial score (nSPS) is 16.7. The summed E-state index contributed by atoms with van der Waals surface area (Å²) in [5.74, 6) is 0.407. The fourth-order valence-electron chi connectivity index (χ4n) is 7.37. The van der Waals surface area contributed by atoms with E-state index >= 15 is 0 Å². The minimum atomic E-state index is -0.315. The van der Waals surface area contributed by atoms with Crippen molar-refractivity contribution in [3.63, 3.8) is 0 Å². The molecular formula is C41H36N8O2. The van der Waals surface area contributed by atoms with Crippen LogP contribution in [0.25, 0.3) is 56.7 Å². The van der Waals surface area contributed by atoms with E-state index in [2.05, 4.69) is 38.0 Å². The first kappa shape index (κ1) is 32.4. The van der Waals surface area contributed by atoms with Crippen molar-refractivity contribution in [3.05, 3.63) is 106 Å². The molecule has 1 atom stereocenters. The predicted molar refractivity (Wildman–Crippen MR) is 196 cm³/mol. The number of nitriles is 2. The molecule has 2 aromatic carbocycles. The fraction of sp³-hybridized carbons (Fsp3) is 0.268. The number of rotatable bonds is 8. The molecule has 2 aliphatic rings. The Morgan fingerprint density at radius 3 is 2.55 bits per heavy atom. The number of β-amino-alcohol motifs (C(OH)–C–C–N with tert-alkyl or cyclic N) is 1. The summed E-state index contributed by atoms with van der Waals surface area (Å²) in [5.41, 5.74) is 9.55. The van der Waals surface area contributed by atoms with Gasteiger partial charge in [0.05, 0.1) is 34.1 Å². The number of benzene rings is 2. The Kier molecular flexibility index (Phi) is 8.81. The van der Waals surface area contributed by atoms with Gasteiger partial charge < -0.3 is 9.52 Å². The number of oxazole rings is 1. The van der Waals surface area contributed by atoms with Crippen molar-refractivity contribution in [3.8, 4) is 34.7 Å². The van der Waals surface area contributed by atoms with Crippen molar-refractivity contribution in [2.75, 3.05) is 26.2 Å². The van der Waals surface area contributed by atoms with E-state index in [0.29, 0.717) is 46.9 Å². The zero-order valence-corrected chi connectivity index (χ0v) is 28.4. The third kappa shape index (κ3) is 6.49. The Hall–Kier alpha value is -5.78. The molecule has 0 saturated carbocycles. The molecule has 6 aromatic rings. The van der Waals surface area contributed by atoms with Crippen LogP contribution in [0, 0.1) is 29.6 Å². The molecule has 0 spiro atoms. The van der Waals surface area contributed by atoms with Crippen LogP contribution < -0.4 is 0 Å². The summed E-state index contributed by atoms with van der Waals surface area (Å²) in [6, 6.07) is 20.2. The SMILES string of the molecule is Cc1c(-c2nc3cc(CN4CC[C@@H](O)C4)cc(C#N)c3o2)cccc1-c1ccnc(/C=C/c2cnc3c(CN4CCCC4)nccc3c2)c1C#N. The lowest BCUT2D eigenvalue weighted by Crippen LogP contribution is -2.21. The van der Waals surface area contributed by atoms with E-state index in [1.54, 1.807) is 6.20 Å². The summed E-state index contributed by atoms with van der Waals surface area (Å²) in [5, 5.41) is 31.3. The van der Waals surface area contributed by atoms with E-state index in [-0.39, 0.29) is 6.10 Å². The smallest absolute Gasteiger partial charge is 0.227 e. The van der Waals surface area contributed by atoms with Gasteiger partial charge in [-0.15, -0.1) is 0 Å². The third-order valence-electron chi connectivity index (χ3n) is 9.97. The van der Waals surface area contributed by atoms with Gasteiger partial charge in [0, 0.05) is 61.3 Å². The van der Waals surface area contributed by atoms with Gasteiger partial charge in [0.1, 0.15) is 17.7 Å². The number of pyridine rings is 3. The maximum atomic E-state index is 10.4. The van der Waals surface area contributed by atoms with Crippen molar-refractivity contribution in [1.82, 2.24) is 29.7 Å². The Labute approximate surface area is 296 Å². The van der Waals surface area contributed by atoms with Crippen LogP contribution in [0.15, 0.2) is 71.5 Å². The molecule has 4 aromatic heterocycles. The van der Waals surface area contributed by atoms with Crippen LogP contribution in [0.4, 0.5) is 0 Å². The molecule has 0 radical (unpaired) electrons. The van der Waals surface area contributed by atoms with Gasteiger partial charge in [0.15, 0.2) is 5.58 Å². The first-order valence-corrected chi connectivity index (χ1v) is 17.3.